The van der Waals surface area contributed by atoms with Gasteiger partial charge in [0.1, 0.15) is 11.6 Å². The van der Waals surface area contributed by atoms with E-state index in [0.717, 1.165) is 19.3 Å². The van der Waals surface area contributed by atoms with Gasteiger partial charge in [0.15, 0.2) is 0 Å². The highest BCUT2D eigenvalue weighted by Crippen LogP contribution is 2.59. The number of hydrogen-bond acceptors (Lipinski definition) is 6. The molecule has 3 saturated heterocycles. The molecule has 0 radical (unpaired) electrons. The highest BCUT2D eigenvalue weighted by Gasteiger charge is 2.75. The molecule has 0 aliphatic carbocycles. The lowest BCUT2D eigenvalue weighted by Crippen LogP contribution is -2.58. The first kappa shape index (κ1) is 23.7. The van der Waals surface area contributed by atoms with Crippen LogP contribution in [0.1, 0.15) is 52.9 Å². The predicted molar refractivity (Wildman–Crippen MR) is 114 cm³/mol. The zero-order valence-corrected chi connectivity index (χ0v) is 18.9. The number of amides is 2. The molecule has 8 nitrogen and oxygen atoms in total. The van der Waals surface area contributed by atoms with Crippen LogP contribution in [-0.2, 0) is 23.9 Å². The van der Waals surface area contributed by atoms with Gasteiger partial charge in [0.25, 0.3) is 0 Å². The summed E-state index contributed by atoms with van der Waals surface area (Å²) in [5.74, 6) is -2.40. The van der Waals surface area contributed by atoms with Crippen LogP contribution in [-0.4, -0.2) is 82.8 Å². The summed E-state index contributed by atoms with van der Waals surface area (Å²) in [7, 11) is 0. The Morgan fingerprint density at radius 1 is 1.42 bits per heavy atom. The van der Waals surface area contributed by atoms with E-state index in [1.807, 2.05) is 0 Å². The molecule has 8 heteroatoms. The zero-order chi connectivity index (χ0) is 22.8. The number of aliphatic hydroxyl groups is 1. The van der Waals surface area contributed by atoms with E-state index in [2.05, 4.69) is 13.5 Å². The third-order valence-electron chi connectivity index (χ3n) is 6.96. The van der Waals surface area contributed by atoms with Crippen molar-refractivity contribution in [3.8, 4) is 0 Å². The minimum Gasteiger partial charge on any atom is -0.466 e. The topological polar surface area (TPSA) is 96.4 Å². The number of carbonyl (C=O) groups is 3. The molecule has 2 bridgehead atoms. The Balaban J connectivity index is 1.98. The Morgan fingerprint density at radius 3 is 2.77 bits per heavy atom. The minimum absolute atomic E-state index is 0.197. The second kappa shape index (κ2) is 9.69. The van der Waals surface area contributed by atoms with Crippen LogP contribution >= 0.6 is 0 Å². The van der Waals surface area contributed by atoms with E-state index >= 15 is 0 Å². The van der Waals surface area contributed by atoms with Crippen LogP contribution in [0, 0.1) is 11.8 Å². The Morgan fingerprint density at radius 2 is 2.16 bits per heavy atom. The highest BCUT2D eigenvalue weighted by atomic mass is 16.6. The van der Waals surface area contributed by atoms with Crippen LogP contribution in [0.4, 0.5) is 0 Å². The van der Waals surface area contributed by atoms with Crippen molar-refractivity contribution >= 4 is 17.8 Å². The third-order valence-corrected chi connectivity index (χ3v) is 6.96. The van der Waals surface area contributed by atoms with E-state index in [9.17, 15) is 19.5 Å². The molecule has 3 aliphatic heterocycles. The standard InChI is InChI=1S/C23H36N2O6/c1-5-8-9-13-24(12-6-2)21(28)19-23-11-10-16(31-23)17(22(29)30-7-3)18(23)20(27)25(19)15(4)14-26/h6,15-19,26H,2,5,7-14H2,1,3-4H3/t15-,16-,17+,18+,19-,23+/m1/s1. The van der Waals surface area contributed by atoms with Crippen LogP contribution in [0.5, 0.6) is 0 Å². The van der Waals surface area contributed by atoms with Crippen molar-refractivity contribution in [3.63, 3.8) is 0 Å². The van der Waals surface area contributed by atoms with E-state index in [0.29, 0.717) is 25.9 Å². The minimum atomic E-state index is -1.05. The summed E-state index contributed by atoms with van der Waals surface area (Å²) in [5.41, 5.74) is -1.05. The highest BCUT2D eigenvalue weighted by molar-refractivity contribution is 5.98. The molecule has 174 valence electrons. The van der Waals surface area contributed by atoms with Crippen molar-refractivity contribution in [1.29, 1.82) is 0 Å². The molecule has 0 aromatic heterocycles. The van der Waals surface area contributed by atoms with Gasteiger partial charge in [0.05, 0.1) is 37.2 Å². The lowest BCUT2D eigenvalue weighted by atomic mass is 9.70. The van der Waals surface area contributed by atoms with Gasteiger partial charge in [-0.3, -0.25) is 14.4 Å². The first-order valence-electron chi connectivity index (χ1n) is 11.5. The van der Waals surface area contributed by atoms with Gasteiger partial charge in [0.2, 0.25) is 11.8 Å². The van der Waals surface area contributed by atoms with E-state index in [-0.39, 0.29) is 25.0 Å². The van der Waals surface area contributed by atoms with Gasteiger partial charge in [-0.2, -0.15) is 0 Å². The van der Waals surface area contributed by atoms with Gasteiger partial charge in [-0.25, -0.2) is 0 Å². The maximum atomic E-state index is 13.8. The fourth-order valence-electron chi connectivity index (χ4n) is 5.61. The fourth-order valence-corrected chi connectivity index (χ4v) is 5.61. The first-order chi connectivity index (χ1) is 14.9. The molecule has 0 aromatic carbocycles. The van der Waals surface area contributed by atoms with Crippen molar-refractivity contribution in [2.24, 2.45) is 11.8 Å². The molecule has 1 spiro atoms. The van der Waals surface area contributed by atoms with E-state index in [1.165, 1.54) is 4.90 Å². The number of fused-ring (bicyclic) bond motifs is 1. The average molecular weight is 437 g/mol. The second-order valence-electron chi connectivity index (χ2n) is 8.87. The molecule has 3 aliphatic rings. The average Bonchev–Trinajstić information content (AvgIpc) is 3.39. The molecule has 0 aromatic rings. The first-order valence-corrected chi connectivity index (χ1v) is 11.5. The normalized spacial score (nSPS) is 32.1. The predicted octanol–water partition coefficient (Wildman–Crippen LogP) is 1.51. The lowest BCUT2D eigenvalue weighted by molar-refractivity contribution is -0.156. The van der Waals surface area contributed by atoms with Gasteiger partial charge < -0.3 is 24.4 Å². The zero-order valence-electron chi connectivity index (χ0n) is 18.9. The van der Waals surface area contributed by atoms with Crippen molar-refractivity contribution < 1.29 is 29.0 Å². The second-order valence-corrected chi connectivity index (χ2v) is 8.87. The molecule has 0 unspecified atom stereocenters. The van der Waals surface area contributed by atoms with E-state index in [1.54, 1.807) is 24.8 Å². The molecule has 0 saturated carbocycles. The number of likely N-dealkylation sites (tertiary alicyclic amines) is 1. The molecule has 3 heterocycles. The summed E-state index contributed by atoms with van der Waals surface area (Å²) < 4.78 is 11.6. The van der Waals surface area contributed by atoms with E-state index < -0.39 is 41.6 Å². The maximum Gasteiger partial charge on any atom is 0.312 e. The summed E-state index contributed by atoms with van der Waals surface area (Å²) in [4.78, 5) is 43.3. The summed E-state index contributed by atoms with van der Waals surface area (Å²) in [5, 5.41) is 9.85. The number of esters is 1. The van der Waals surface area contributed by atoms with Gasteiger partial charge in [0, 0.05) is 13.1 Å². The Hall–Kier alpha value is -1.93. The molecule has 2 amide bonds. The Labute approximate surface area is 184 Å². The number of unbranched alkanes of at least 4 members (excludes halogenated alkanes) is 2. The van der Waals surface area contributed by atoms with Crippen LogP contribution < -0.4 is 0 Å². The lowest BCUT2D eigenvalue weighted by Gasteiger charge is -2.38. The number of hydrogen-bond donors (Lipinski definition) is 1. The summed E-state index contributed by atoms with van der Waals surface area (Å²) >= 11 is 0. The Bertz CT molecular complexity index is 712. The summed E-state index contributed by atoms with van der Waals surface area (Å²) in [6, 6.07) is -1.42. The molecule has 31 heavy (non-hydrogen) atoms. The van der Waals surface area contributed by atoms with Crippen molar-refractivity contribution in [3.05, 3.63) is 12.7 Å². The number of ether oxygens (including phenoxy) is 2. The summed E-state index contributed by atoms with van der Waals surface area (Å²) in [6.07, 6.45) is 5.30. The van der Waals surface area contributed by atoms with Crippen molar-refractivity contribution in [2.45, 2.75) is 76.7 Å². The summed E-state index contributed by atoms with van der Waals surface area (Å²) in [6.45, 7) is 10.2. The fraction of sp³-hybridized carbons (Fsp3) is 0.783. The molecular weight excluding hydrogens is 400 g/mol. The molecule has 3 fully saturated rings. The molecule has 1 N–H and O–H groups in total. The van der Waals surface area contributed by atoms with Crippen LogP contribution in [0.25, 0.3) is 0 Å². The quantitative estimate of drug-likeness (QED) is 0.300. The number of rotatable bonds is 11. The Kier molecular flexibility index (Phi) is 7.42. The van der Waals surface area contributed by atoms with E-state index in [4.69, 9.17) is 9.47 Å². The van der Waals surface area contributed by atoms with Gasteiger partial charge in [-0.15, -0.1) is 6.58 Å². The number of carbonyl (C=O) groups excluding carboxylic acids is 3. The molecular formula is C23H36N2O6. The van der Waals surface area contributed by atoms with Gasteiger partial charge in [-0.05, 0) is 33.1 Å². The smallest absolute Gasteiger partial charge is 0.312 e. The van der Waals surface area contributed by atoms with Gasteiger partial charge in [-0.1, -0.05) is 25.8 Å². The molecule has 3 rings (SSSR count). The molecule has 6 atom stereocenters. The number of aliphatic hydroxyl groups excluding tert-OH is 1. The monoisotopic (exact) mass is 436 g/mol. The largest absolute Gasteiger partial charge is 0.466 e. The van der Waals surface area contributed by atoms with Crippen LogP contribution in [0.15, 0.2) is 12.7 Å². The number of nitrogens with zero attached hydrogens (tertiary/aromatic N) is 2. The van der Waals surface area contributed by atoms with Crippen LogP contribution in [0.2, 0.25) is 0 Å². The van der Waals surface area contributed by atoms with Gasteiger partial charge >= 0.3 is 5.97 Å². The third kappa shape index (κ3) is 3.89. The van der Waals surface area contributed by atoms with Crippen molar-refractivity contribution in [1.82, 2.24) is 9.80 Å². The maximum absolute atomic E-state index is 13.8. The SMILES string of the molecule is C=CCN(CCCCC)C(=O)[C@H]1N([C@H](C)CO)C(=O)[C@@H]2[C@@H](C(=O)OCC)[C@H]3CC[C@]21O3. The van der Waals surface area contributed by atoms with Crippen molar-refractivity contribution in [2.75, 3.05) is 26.3 Å². The van der Waals surface area contributed by atoms with Crippen LogP contribution in [0.3, 0.4) is 0 Å².